The van der Waals surface area contributed by atoms with Gasteiger partial charge in [0.25, 0.3) is 0 Å². The average Bonchev–Trinajstić information content (AvgIpc) is 3.06. The third-order valence-electron chi connectivity index (χ3n) is 6.06. The van der Waals surface area contributed by atoms with Crippen LogP contribution < -0.4 is 4.90 Å². The number of ketones is 1. The summed E-state index contributed by atoms with van der Waals surface area (Å²) in [4.78, 5) is 42.5. The van der Waals surface area contributed by atoms with Gasteiger partial charge in [0.2, 0.25) is 11.8 Å². The third-order valence-corrected chi connectivity index (χ3v) is 6.06. The van der Waals surface area contributed by atoms with E-state index < -0.39 is 17.9 Å². The van der Waals surface area contributed by atoms with Crippen LogP contribution in [0.4, 0.5) is 5.69 Å². The van der Waals surface area contributed by atoms with E-state index in [9.17, 15) is 14.4 Å². The van der Waals surface area contributed by atoms with E-state index in [4.69, 9.17) is 0 Å². The molecular formula is C23H20N2O3. The van der Waals surface area contributed by atoms with Crippen molar-refractivity contribution >= 4 is 23.3 Å². The van der Waals surface area contributed by atoms with Gasteiger partial charge in [-0.05, 0) is 30.7 Å². The zero-order valence-corrected chi connectivity index (χ0v) is 15.5. The van der Waals surface area contributed by atoms with Gasteiger partial charge in [-0.1, -0.05) is 54.1 Å². The summed E-state index contributed by atoms with van der Waals surface area (Å²) in [6, 6.07) is 16.3. The zero-order valence-electron chi connectivity index (χ0n) is 15.5. The molecule has 3 aliphatic rings. The van der Waals surface area contributed by atoms with Gasteiger partial charge in [0.05, 0.1) is 23.6 Å². The number of hydrogen-bond acceptors (Lipinski definition) is 4. The lowest BCUT2D eigenvalue weighted by molar-refractivity contribution is -0.129. The molecule has 0 unspecified atom stereocenters. The highest BCUT2D eigenvalue weighted by molar-refractivity contribution is 6.24. The van der Waals surface area contributed by atoms with Crippen LogP contribution in [0.2, 0.25) is 0 Å². The Labute approximate surface area is 163 Å². The summed E-state index contributed by atoms with van der Waals surface area (Å²) in [6.07, 6.45) is 3.35. The monoisotopic (exact) mass is 372 g/mol. The van der Waals surface area contributed by atoms with Crippen molar-refractivity contribution in [3.63, 3.8) is 0 Å². The number of para-hydroxylation sites is 1. The highest BCUT2D eigenvalue weighted by Crippen LogP contribution is 2.47. The average molecular weight is 372 g/mol. The van der Waals surface area contributed by atoms with Gasteiger partial charge in [-0.25, -0.2) is 4.90 Å². The molecule has 5 nitrogen and oxygen atoms in total. The Balaban J connectivity index is 1.52. The Hall–Kier alpha value is -3.05. The van der Waals surface area contributed by atoms with E-state index in [1.807, 2.05) is 36.1 Å². The SMILES string of the molecule is Cc1cccc(CN2[C@@H]3C(=O)C=C[C@H]2[C@@H]2C(=O)N(c4ccccc4)C(=O)[C@@H]23)c1. The number of carbonyl (C=O) groups is 3. The number of hydrogen-bond donors (Lipinski definition) is 0. The van der Waals surface area contributed by atoms with Gasteiger partial charge in [0.1, 0.15) is 0 Å². The van der Waals surface area contributed by atoms with Crippen LogP contribution in [0.3, 0.4) is 0 Å². The van der Waals surface area contributed by atoms with Crippen molar-refractivity contribution in [1.29, 1.82) is 0 Å². The molecule has 0 aliphatic carbocycles. The number of aryl methyl sites for hydroxylation is 1. The first-order valence-corrected chi connectivity index (χ1v) is 9.52. The molecule has 3 aliphatic heterocycles. The minimum absolute atomic E-state index is 0.0903. The van der Waals surface area contributed by atoms with Crippen LogP contribution in [0.1, 0.15) is 11.1 Å². The first kappa shape index (κ1) is 17.1. The van der Waals surface area contributed by atoms with Crippen LogP contribution >= 0.6 is 0 Å². The number of carbonyl (C=O) groups excluding carboxylic acids is 3. The van der Waals surface area contributed by atoms with E-state index in [-0.39, 0.29) is 23.6 Å². The van der Waals surface area contributed by atoms with Crippen LogP contribution in [-0.2, 0) is 20.9 Å². The number of nitrogens with zero attached hydrogens (tertiary/aromatic N) is 2. The summed E-state index contributed by atoms with van der Waals surface area (Å²) in [5.41, 5.74) is 2.80. The van der Waals surface area contributed by atoms with Gasteiger partial charge in [-0.2, -0.15) is 0 Å². The maximum atomic E-state index is 13.2. The van der Waals surface area contributed by atoms with Crippen LogP contribution in [-0.4, -0.2) is 34.6 Å². The van der Waals surface area contributed by atoms with E-state index in [1.54, 1.807) is 36.4 Å². The fourth-order valence-corrected chi connectivity index (χ4v) is 4.92. The highest BCUT2D eigenvalue weighted by Gasteiger charge is 2.64. The van der Waals surface area contributed by atoms with Gasteiger partial charge >= 0.3 is 0 Å². The highest BCUT2D eigenvalue weighted by atomic mass is 16.2. The predicted octanol–water partition coefficient (Wildman–Crippen LogP) is 2.49. The van der Waals surface area contributed by atoms with E-state index in [0.717, 1.165) is 11.1 Å². The molecule has 2 aromatic rings. The second-order valence-electron chi connectivity index (χ2n) is 7.76. The largest absolute Gasteiger partial charge is 0.293 e. The lowest BCUT2D eigenvalue weighted by Gasteiger charge is -2.33. The summed E-state index contributed by atoms with van der Waals surface area (Å²) in [5.74, 6) is -1.69. The normalized spacial score (nSPS) is 28.9. The summed E-state index contributed by atoms with van der Waals surface area (Å²) < 4.78 is 0. The zero-order chi connectivity index (χ0) is 19.4. The molecule has 0 N–H and O–H groups in total. The lowest BCUT2D eigenvalue weighted by atomic mass is 9.90. The van der Waals surface area contributed by atoms with Gasteiger partial charge in [-0.3, -0.25) is 19.3 Å². The first-order chi connectivity index (χ1) is 13.6. The predicted molar refractivity (Wildman–Crippen MR) is 104 cm³/mol. The number of amides is 2. The molecule has 0 aromatic heterocycles. The molecule has 0 radical (unpaired) electrons. The summed E-state index contributed by atoms with van der Waals surface area (Å²) >= 11 is 0. The second kappa shape index (κ2) is 6.24. The second-order valence-corrected chi connectivity index (χ2v) is 7.76. The van der Waals surface area contributed by atoms with Crippen molar-refractivity contribution < 1.29 is 14.4 Å². The van der Waals surface area contributed by atoms with Gasteiger partial charge < -0.3 is 0 Å². The molecule has 28 heavy (non-hydrogen) atoms. The maximum absolute atomic E-state index is 13.2. The van der Waals surface area contributed by atoms with Crippen molar-refractivity contribution in [3.8, 4) is 0 Å². The van der Waals surface area contributed by atoms with Gasteiger partial charge in [-0.15, -0.1) is 0 Å². The lowest BCUT2D eigenvalue weighted by Crippen LogP contribution is -2.48. The fourth-order valence-electron chi connectivity index (χ4n) is 4.92. The Morgan fingerprint density at radius 2 is 1.64 bits per heavy atom. The standard InChI is InChI=1S/C23H20N2O3/c1-14-6-5-7-15(12-14)13-24-17-10-11-18(26)21(24)20-19(17)22(27)25(23(20)28)16-8-3-2-4-9-16/h2-12,17,19-21H,13H2,1H3/t17-,19-,20-,21+/m0/s1. The Bertz CT molecular complexity index is 1010. The molecule has 2 saturated heterocycles. The maximum Gasteiger partial charge on any atom is 0.239 e. The van der Waals surface area contributed by atoms with E-state index in [0.29, 0.717) is 12.2 Å². The third kappa shape index (κ3) is 2.39. The fraction of sp³-hybridized carbons (Fsp3) is 0.261. The quantitative estimate of drug-likeness (QED) is 0.777. The minimum atomic E-state index is -0.620. The van der Waals surface area contributed by atoms with Crippen molar-refractivity contribution in [1.82, 2.24) is 4.90 Å². The minimum Gasteiger partial charge on any atom is -0.293 e. The molecule has 2 fully saturated rings. The smallest absolute Gasteiger partial charge is 0.239 e. The van der Waals surface area contributed by atoms with Gasteiger partial charge in [0.15, 0.2) is 5.78 Å². The summed E-state index contributed by atoms with van der Waals surface area (Å²) in [7, 11) is 0. The molecule has 5 heteroatoms. The molecule has 2 amide bonds. The van der Waals surface area contributed by atoms with Crippen molar-refractivity contribution in [2.24, 2.45) is 11.8 Å². The molecule has 0 saturated carbocycles. The Morgan fingerprint density at radius 1 is 0.893 bits per heavy atom. The van der Waals surface area contributed by atoms with Crippen LogP contribution in [0.25, 0.3) is 0 Å². The Morgan fingerprint density at radius 3 is 2.39 bits per heavy atom. The van der Waals surface area contributed by atoms with Gasteiger partial charge in [0, 0.05) is 12.6 Å². The number of fused-ring (bicyclic) bond motifs is 5. The molecule has 5 rings (SSSR count). The van der Waals surface area contributed by atoms with Crippen LogP contribution in [0.5, 0.6) is 0 Å². The topological polar surface area (TPSA) is 57.7 Å². The number of anilines is 1. The van der Waals surface area contributed by atoms with E-state index in [1.165, 1.54) is 4.90 Å². The molecule has 4 atom stereocenters. The first-order valence-electron chi connectivity index (χ1n) is 9.52. The molecule has 140 valence electrons. The molecule has 2 bridgehead atoms. The number of benzene rings is 2. The van der Waals surface area contributed by atoms with Crippen molar-refractivity contribution in [2.75, 3.05) is 4.90 Å². The number of imide groups is 1. The molecule has 2 aromatic carbocycles. The van der Waals surface area contributed by atoms with Crippen LogP contribution in [0, 0.1) is 18.8 Å². The van der Waals surface area contributed by atoms with Crippen molar-refractivity contribution in [3.05, 3.63) is 77.9 Å². The summed E-state index contributed by atoms with van der Waals surface area (Å²) in [5, 5.41) is 0. The Kier molecular flexibility index (Phi) is 3.81. The van der Waals surface area contributed by atoms with E-state index >= 15 is 0 Å². The summed E-state index contributed by atoms with van der Waals surface area (Å²) in [6.45, 7) is 2.57. The van der Waals surface area contributed by atoms with Crippen molar-refractivity contribution in [2.45, 2.75) is 25.6 Å². The van der Waals surface area contributed by atoms with E-state index in [2.05, 4.69) is 6.07 Å². The molecular weight excluding hydrogens is 352 g/mol. The van der Waals surface area contributed by atoms with Crippen LogP contribution in [0.15, 0.2) is 66.7 Å². The number of rotatable bonds is 3. The molecule has 0 spiro atoms. The molecule has 3 heterocycles.